The zero-order valence-electron chi connectivity index (χ0n) is 18.4. The van der Waals surface area contributed by atoms with Crippen molar-refractivity contribution < 1.29 is 19.7 Å². The Morgan fingerprint density at radius 1 is 0.939 bits per heavy atom. The summed E-state index contributed by atoms with van der Waals surface area (Å²) in [6, 6.07) is 11.2. The number of nitrogens with zero attached hydrogens (tertiary/aromatic N) is 2. The third-order valence-corrected chi connectivity index (χ3v) is 6.28. The lowest BCUT2D eigenvalue weighted by Crippen LogP contribution is -2.23. The number of halogens is 3. The van der Waals surface area contributed by atoms with E-state index in [0.29, 0.717) is 28.1 Å². The van der Waals surface area contributed by atoms with Gasteiger partial charge in [-0.2, -0.15) is 0 Å². The molecule has 6 nitrogen and oxygen atoms in total. The molecular formula is C24H27Cl3N2O4. The fraction of sp³-hybridized carbons (Fsp3) is 0.375. The van der Waals surface area contributed by atoms with Gasteiger partial charge in [-0.05, 0) is 35.4 Å². The number of aliphatic hydroxyl groups excluding tert-OH is 2. The first-order valence-corrected chi connectivity index (χ1v) is 11.7. The Bertz CT molecular complexity index is 1040. The summed E-state index contributed by atoms with van der Waals surface area (Å²) in [6.07, 6.45) is 3.63. The molecule has 0 saturated heterocycles. The average Bonchev–Trinajstić information content (AvgIpc) is 3.30. The van der Waals surface area contributed by atoms with Gasteiger partial charge in [-0.3, -0.25) is 0 Å². The van der Waals surface area contributed by atoms with Gasteiger partial charge in [0.1, 0.15) is 36.9 Å². The Balaban J connectivity index is 1.68. The fourth-order valence-electron chi connectivity index (χ4n) is 3.29. The van der Waals surface area contributed by atoms with Crippen LogP contribution in [0.3, 0.4) is 0 Å². The number of hydrogen-bond acceptors (Lipinski definition) is 5. The van der Waals surface area contributed by atoms with Crippen LogP contribution in [-0.2, 0) is 12.0 Å². The monoisotopic (exact) mass is 512 g/mol. The number of aliphatic hydroxyl groups is 2. The highest BCUT2D eigenvalue weighted by molar-refractivity contribution is 6.32. The maximum absolute atomic E-state index is 10.2. The molecule has 0 aliphatic carbocycles. The van der Waals surface area contributed by atoms with Crippen LogP contribution in [0.2, 0.25) is 10.0 Å². The third kappa shape index (κ3) is 6.78. The fourth-order valence-corrected chi connectivity index (χ4v) is 3.85. The van der Waals surface area contributed by atoms with Gasteiger partial charge >= 0.3 is 0 Å². The number of hydrogen-bond donors (Lipinski definition) is 2. The molecule has 0 radical (unpaired) electrons. The van der Waals surface area contributed by atoms with Gasteiger partial charge in [0.05, 0.1) is 28.8 Å². The van der Waals surface area contributed by atoms with Crippen LogP contribution in [0.5, 0.6) is 11.5 Å². The van der Waals surface area contributed by atoms with Gasteiger partial charge in [-0.15, -0.1) is 11.6 Å². The molecule has 0 amide bonds. The van der Waals surface area contributed by atoms with Crippen LogP contribution in [-0.4, -0.2) is 51.1 Å². The quantitative estimate of drug-likeness (QED) is 0.355. The molecule has 1 aromatic heterocycles. The Morgan fingerprint density at radius 2 is 1.48 bits per heavy atom. The average molecular weight is 514 g/mol. The van der Waals surface area contributed by atoms with Crippen LogP contribution in [0.4, 0.5) is 0 Å². The van der Waals surface area contributed by atoms with Gasteiger partial charge in [-0.1, -0.05) is 49.2 Å². The minimum absolute atomic E-state index is 0.0695. The second-order valence-corrected chi connectivity index (χ2v) is 9.38. The number of alkyl halides is 1. The highest BCUT2D eigenvalue weighted by Gasteiger charge is 2.25. The van der Waals surface area contributed by atoms with Crippen molar-refractivity contribution in [2.24, 2.45) is 0 Å². The van der Waals surface area contributed by atoms with E-state index in [0.717, 1.165) is 11.1 Å². The van der Waals surface area contributed by atoms with E-state index in [1.54, 1.807) is 35.4 Å². The highest BCUT2D eigenvalue weighted by atomic mass is 35.5. The minimum atomic E-state index is -0.756. The molecule has 1 heterocycles. The van der Waals surface area contributed by atoms with E-state index in [2.05, 4.69) is 18.8 Å². The van der Waals surface area contributed by atoms with Crippen molar-refractivity contribution >= 4 is 34.8 Å². The second kappa shape index (κ2) is 11.4. The molecule has 2 N–H and O–H groups in total. The number of aromatic nitrogens is 2. The SMILES string of the molecule is CC(C)(c1ccc(OC[C@@H](O)CCl)c(Cl)c1)c1ccc(OC[C@H](O)Cn2ccnc2)c(Cl)c1. The highest BCUT2D eigenvalue weighted by Crippen LogP contribution is 2.38. The molecule has 0 aliphatic rings. The van der Waals surface area contributed by atoms with Gasteiger partial charge in [-0.25, -0.2) is 4.98 Å². The number of benzene rings is 2. The lowest BCUT2D eigenvalue weighted by molar-refractivity contribution is 0.0925. The van der Waals surface area contributed by atoms with Gasteiger partial charge in [0.15, 0.2) is 0 Å². The Labute approximate surface area is 208 Å². The third-order valence-electron chi connectivity index (χ3n) is 5.33. The summed E-state index contributed by atoms with van der Waals surface area (Å²) in [7, 11) is 0. The van der Waals surface area contributed by atoms with Crippen LogP contribution in [0.15, 0.2) is 55.1 Å². The largest absolute Gasteiger partial charge is 0.489 e. The summed E-state index contributed by atoms with van der Waals surface area (Å²) in [6.45, 7) is 4.69. The summed E-state index contributed by atoms with van der Waals surface area (Å²) in [5.74, 6) is 1.07. The zero-order valence-corrected chi connectivity index (χ0v) is 20.7. The first-order valence-electron chi connectivity index (χ1n) is 10.4. The van der Waals surface area contributed by atoms with Crippen molar-refractivity contribution in [1.29, 1.82) is 0 Å². The summed E-state index contributed by atoms with van der Waals surface area (Å²) in [5, 5.41) is 20.7. The molecule has 3 aromatic rings. The lowest BCUT2D eigenvalue weighted by Gasteiger charge is -2.27. The molecule has 0 unspecified atom stereocenters. The summed E-state index contributed by atoms with van der Waals surface area (Å²) < 4.78 is 13.1. The number of imidazole rings is 1. The van der Waals surface area contributed by atoms with E-state index >= 15 is 0 Å². The Kier molecular flexibility index (Phi) is 8.90. The molecule has 0 saturated carbocycles. The molecule has 178 valence electrons. The van der Waals surface area contributed by atoms with Crippen LogP contribution in [0.1, 0.15) is 25.0 Å². The maximum Gasteiger partial charge on any atom is 0.138 e. The van der Waals surface area contributed by atoms with E-state index < -0.39 is 17.6 Å². The predicted octanol–water partition coefficient (Wildman–Crippen LogP) is 4.93. The van der Waals surface area contributed by atoms with Gasteiger partial charge in [0.2, 0.25) is 0 Å². The number of rotatable bonds is 11. The summed E-state index contributed by atoms with van der Waals surface area (Å²) in [4.78, 5) is 3.95. The molecule has 33 heavy (non-hydrogen) atoms. The van der Waals surface area contributed by atoms with Gasteiger partial charge in [0.25, 0.3) is 0 Å². The van der Waals surface area contributed by atoms with Crippen molar-refractivity contribution in [2.75, 3.05) is 19.1 Å². The minimum Gasteiger partial charge on any atom is -0.489 e. The van der Waals surface area contributed by atoms with Gasteiger partial charge in [0, 0.05) is 17.8 Å². The van der Waals surface area contributed by atoms with Crippen molar-refractivity contribution in [3.8, 4) is 11.5 Å². The van der Waals surface area contributed by atoms with E-state index in [4.69, 9.17) is 44.3 Å². The molecule has 0 spiro atoms. The van der Waals surface area contributed by atoms with Crippen LogP contribution < -0.4 is 9.47 Å². The zero-order chi connectivity index (χ0) is 24.0. The maximum atomic E-state index is 10.2. The van der Waals surface area contributed by atoms with Crippen molar-refractivity contribution in [3.05, 3.63) is 76.3 Å². The van der Waals surface area contributed by atoms with E-state index in [9.17, 15) is 10.2 Å². The molecule has 0 fully saturated rings. The van der Waals surface area contributed by atoms with Crippen molar-refractivity contribution in [2.45, 2.75) is 38.0 Å². The Hall–Kier alpha value is -1.96. The molecule has 2 atom stereocenters. The summed E-state index contributed by atoms with van der Waals surface area (Å²) >= 11 is 18.5. The van der Waals surface area contributed by atoms with Gasteiger partial charge < -0.3 is 24.3 Å². The van der Waals surface area contributed by atoms with Crippen LogP contribution in [0.25, 0.3) is 0 Å². The molecule has 2 aromatic carbocycles. The standard InChI is InChI=1S/C24H27Cl3N2O4/c1-24(2,16-3-5-22(20(26)9-16)32-13-18(30)11-25)17-4-6-23(21(27)10-17)33-14-19(31)12-29-8-7-28-15-29/h3-10,15,18-19,30-31H,11-14H2,1-2H3/t18-,19+/m0/s1. The second-order valence-electron chi connectivity index (χ2n) is 8.26. The van der Waals surface area contributed by atoms with Crippen LogP contribution in [0, 0.1) is 0 Å². The predicted molar refractivity (Wildman–Crippen MR) is 131 cm³/mol. The van der Waals surface area contributed by atoms with Crippen molar-refractivity contribution in [3.63, 3.8) is 0 Å². The van der Waals surface area contributed by atoms with E-state index in [1.807, 2.05) is 24.3 Å². The topological polar surface area (TPSA) is 76.7 Å². The number of ether oxygens (including phenoxy) is 2. The smallest absolute Gasteiger partial charge is 0.138 e. The molecule has 3 rings (SSSR count). The van der Waals surface area contributed by atoms with Crippen molar-refractivity contribution in [1.82, 2.24) is 9.55 Å². The van der Waals surface area contributed by atoms with Crippen LogP contribution >= 0.6 is 34.8 Å². The molecular weight excluding hydrogens is 487 g/mol. The summed E-state index contributed by atoms with van der Waals surface area (Å²) in [5.41, 5.74) is 1.54. The molecule has 0 bridgehead atoms. The normalized spacial score (nSPS) is 13.5. The molecule has 9 heteroatoms. The Morgan fingerprint density at radius 3 is 1.94 bits per heavy atom. The molecule has 0 aliphatic heterocycles. The van der Waals surface area contributed by atoms with E-state index in [-0.39, 0.29) is 19.1 Å². The first kappa shape index (κ1) is 25.7. The first-order chi connectivity index (χ1) is 15.7. The van der Waals surface area contributed by atoms with E-state index in [1.165, 1.54) is 0 Å². The lowest BCUT2D eigenvalue weighted by atomic mass is 9.78.